The number of aliphatic hydroxyl groups excluding tert-OH is 1. The topological polar surface area (TPSA) is 20.2 Å². The molecule has 0 saturated carbocycles. The molecule has 1 aromatic rings. The van der Waals surface area contributed by atoms with E-state index in [0.717, 1.165) is 5.37 Å². The quantitative estimate of drug-likeness (QED) is 0.631. The highest BCUT2D eigenvalue weighted by molar-refractivity contribution is 7.79. The summed E-state index contributed by atoms with van der Waals surface area (Å²) in [5, 5.41) is 10.2. The Morgan fingerprint density at radius 1 is 1.38 bits per heavy atom. The molecule has 0 spiro atoms. The van der Waals surface area contributed by atoms with Gasteiger partial charge in [0.15, 0.2) is 5.82 Å². The van der Waals surface area contributed by atoms with Crippen molar-refractivity contribution in [3.8, 4) is 0 Å². The van der Waals surface area contributed by atoms with Gasteiger partial charge in [-0.15, -0.1) is 0 Å². The van der Waals surface area contributed by atoms with E-state index in [2.05, 4.69) is 12.2 Å². The first-order valence-corrected chi connectivity index (χ1v) is 4.56. The largest absolute Gasteiger partial charge is 0.383 e. The van der Waals surface area contributed by atoms with Gasteiger partial charge in [-0.05, 0) is 17.7 Å². The lowest BCUT2D eigenvalue weighted by Crippen LogP contribution is -1.97. The summed E-state index contributed by atoms with van der Waals surface area (Å²) in [4.78, 5) is 0. The molecule has 1 aromatic carbocycles. The molecule has 1 atom stereocenters. The van der Waals surface area contributed by atoms with Crippen LogP contribution in [0.15, 0.2) is 12.1 Å². The molecule has 0 fully saturated rings. The molecule has 70 valence electrons. The molecule has 0 aromatic heterocycles. The van der Waals surface area contributed by atoms with Crippen molar-refractivity contribution < 1.29 is 9.50 Å². The van der Waals surface area contributed by atoms with Gasteiger partial charge in [0.25, 0.3) is 0 Å². The number of aliphatic hydroxyl groups is 1. The van der Waals surface area contributed by atoms with Gasteiger partial charge in [-0.2, -0.15) is 0 Å². The third-order valence-electron chi connectivity index (χ3n) is 1.48. The van der Waals surface area contributed by atoms with Crippen molar-refractivity contribution in [1.29, 1.82) is 0 Å². The fourth-order valence-corrected chi connectivity index (χ4v) is 1.49. The summed E-state index contributed by atoms with van der Waals surface area (Å²) in [6.07, 6.45) is -0.953. The summed E-state index contributed by atoms with van der Waals surface area (Å²) >= 11 is 15.5. The Balaban J connectivity index is 3.20. The number of rotatable bonds is 2. The van der Waals surface area contributed by atoms with Gasteiger partial charge in [0.1, 0.15) is 6.10 Å². The van der Waals surface area contributed by atoms with Gasteiger partial charge in [0.2, 0.25) is 0 Å². The molecule has 0 aliphatic heterocycles. The lowest BCUT2D eigenvalue weighted by Gasteiger charge is -2.06. The van der Waals surface area contributed by atoms with E-state index in [4.69, 9.17) is 23.2 Å². The highest BCUT2D eigenvalue weighted by Crippen LogP contribution is 2.27. The first-order valence-electron chi connectivity index (χ1n) is 3.34. The Kier molecular flexibility index (Phi) is 3.62. The molecule has 0 saturated heterocycles. The fourth-order valence-electron chi connectivity index (χ4n) is 0.824. The minimum absolute atomic E-state index is 0.126. The Morgan fingerprint density at radius 2 is 1.85 bits per heavy atom. The van der Waals surface area contributed by atoms with Crippen molar-refractivity contribution in [1.82, 2.24) is 0 Å². The molecule has 5 heteroatoms. The van der Waals surface area contributed by atoms with Crippen LogP contribution in [0.5, 0.6) is 0 Å². The second-order valence-corrected chi connectivity index (χ2v) is 3.47. The molecule has 0 heterocycles. The summed E-state index contributed by atoms with van der Waals surface area (Å²) in [7, 11) is 0. The Labute approximate surface area is 90.1 Å². The standard InChI is InChI=1S/C8H5Cl2FOS/c9-5-1-4(7(12)3-13)2-6(10)8(5)11/h1-3,7,12H. The third-order valence-corrected chi connectivity index (χ3v) is 2.28. The van der Waals surface area contributed by atoms with Gasteiger partial charge in [0, 0.05) is 5.37 Å². The van der Waals surface area contributed by atoms with Gasteiger partial charge in [0.05, 0.1) is 10.0 Å². The maximum atomic E-state index is 12.9. The lowest BCUT2D eigenvalue weighted by molar-refractivity contribution is 0.254. The fraction of sp³-hybridized carbons (Fsp3) is 0.125. The maximum absolute atomic E-state index is 12.9. The van der Waals surface area contributed by atoms with Crippen LogP contribution in [0.25, 0.3) is 0 Å². The summed E-state index contributed by atoms with van der Waals surface area (Å²) in [5.41, 5.74) is 0.381. The van der Waals surface area contributed by atoms with Gasteiger partial charge < -0.3 is 5.11 Å². The summed E-state index contributed by atoms with van der Waals surface area (Å²) in [6, 6.07) is 2.58. The Bertz CT molecular complexity index is 320. The number of halogens is 3. The van der Waals surface area contributed by atoms with Crippen LogP contribution in [0.3, 0.4) is 0 Å². The van der Waals surface area contributed by atoms with Crippen LogP contribution in [-0.2, 0) is 0 Å². The molecule has 1 N–H and O–H groups in total. The molecular formula is C8H5Cl2FOS. The van der Waals surface area contributed by atoms with Crippen molar-refractivity contribution in [2.75, 3.05) is 0 Å². The predicted octanol–water partition coefficient (Wildman–Crippen LogP) is 3.17. The van der Waals surface area contributed by atoms with Crippen molar-refractivity contribution in [3.05, 3.63) is 33.6 Å². The molecule has 13 heavy (non-hydrogen) atoms. The van der Waals surface area contributed by atoms with E-state index < -0.39 is 11.9 Å². The molecule has 0 bridgehead atoms. The first-order chi connectivity index (χ1) is 6.06. The molecule has 0 aliphatic rings. The van der Waals surface area contributed by atoms with Crippen LogP contribution >= 0.6 is 35.4 Å². The SMILES string of the molecule is OC(C=S)c1cc(Cl)c(F)c(Cl)c1. The van der Waals surface area contributed by atoms with E-state index in [-0.39, 0.29) is 10.0 Å². The van der Waals surface area contributed by atoms with Crippen LogP contribution in [0, 0.1) is 5.82 Å². The zero-order valence-electron chi connectivity index (χ0n) is 6.30. The highest BCUT2D eigenvalue weighted by atomic mass is 35.5. The van der Waals surface area contributed by atoms with Gasteiger partial charge >= 0.3 is 0 Å². The molecule has 0 radical (unpaired) electrons. The van der Waals surface area contributed by atoms with Crippen LogP contribution in [0.4, 0.5) is 4.39 Å². The second-order valence-electron chi connectivity index (χ2n) is 2.38. The molecular weight excluding hydrogens is 234 g/mol. The molecule has 0 amide bonds. The average Bonchev–Trinajstić information content (AvgIpc) is 2.12. The second kappa shape index (κ2) is 4.33. The van der Waals surface area contributed by atoms with Crippen LogP contribution in [0.2, 0.25) is 10.0 Å². The lowest BCUT2D eigenvalue weighted by atomic mass is 10.1. The zero-order valence-corrected chi connectivity index (χ0v) is 8.63. The third kappa shape index (κ3) is 2.38. The van der Waals surface area contributed by atoms with Gasteiger partial charge in [-0.3, -0.25) is 0 Å². The Hall–Kier alpha value is -0.220. The minimum Gasteiger partial charge on any atom is -0.383 e. The normalized spacial score (nSPS) is 12.6. The van der Waals surface area contributed by atoms with Crippen molar-refractivity contribution in [2.24, 2.45) is 0 Å². The summed E-state index contributed by atoms with van der Waals surface area (Å²) in [6.45, 7) is 0. The monoisotopic (exact) mass is 238 g/mol. The smallest absolute Gasteiger partial charge is 0.160 e. The number of thiocarbonyl (C=S) groups is 1. The minimum atomic E-state index is -0.953. The van der Waals surface area contributed by atoms with Crippen molar-refractivity contribution in [2.45, 2.75) is 6.10 Å². The molecule has 1 nitrogen and oxygen atoms in total. The average molecular weight is 239 g/mol. The number of hydrogen-bond donors (Lipinski definition) is 1. The molecule has 1 rings (SSSR count). The maximum Gasteiger partial charge on any atom is 0.160 e. The predicted molar refractivity (Wildman–Crippen MR) is 55.0 cm³/mol. The van der Waals surface area contributed by atoms with Crippen LogP contribution in [0.1, 0.15) is 11.7 Å². The summed E-state index contributed by atoms with van der Waals surface area (Å²) in [5.74, 6) is -0.691. The van der Waals surface area contributed by atoms with Crippen molar-refractivity contribution >= 4 is 40.8 Å². The van der Waals surface area contributed by atoms with Crippen LogP contribution < -0.4 is 0 Å². The number of hydrogen-bond acceptors (Lipinski definition) is 2. The Morgan fingerprint density at radius 3 is 2.23 bits per heavy atom. The van der Waals surface area contributed by atoms with E-state index in [0.29, 0.717) is 5.56 Å². The number of benzene rings is 1. The van der Waals surface area contributed by atoms with E-state index in [9.17, 15) is 9.50 Å². The van der Waals surface area contributed by atoms with Crippen LogP contribution in [-0.4, -0.2) is 10.5 Å². The molecule has 1 unspecified atom stereocenters. The van der Waals surface area contributed by atoms with E-state index in [1.807, 2.05) is 0 Å². The summed E-state index contributed by atoms with van der Waals surface area (Å²) < 4.78 is 12.9. The van der Waals surface area contributed by atoms with Gasteiger partial charge in [-0.25, -0.2) is 4.39 Å². The zero-order chi connectivity index (χ0) is 10.0. The first kappa shape index (κ1) is 10.9. The van der Waals surface area contributed by atoms with E-state index in [1.165, 1.54) is 12.1 Å². The van der Waals surface area contributed by atoms with Crippen molar-refractivity contribution in [3.63, 3.8) is 0 Å². The molecule has 0 aliphatic carbocycles. The van der Waals surface area contributed by atoms with E-state index in [1.54, 1.807) is 0 Å². The van der Waals surface area contributed by atoms with Gasteiger partial charge in [-0.1, -0.05) is 35.4 Å². The highest BCUT2D eigenvalue weighted by Gasteiger charge is 2.11. The van der Waals surface area contributed by atoms with E-state index >= 15 is 0 Å².